The van der Waals surface area contributed by atoms with Gasteiger partial charge >= 0.3 is 0 Å². The molecule has 0 fully saturated rings. The Morgan fingerprint density at radius 2 is 0.825 bits per heavy atom. The second-order valence-electron chi connectivity index (χ2n) is 15.5. The highest BCUT2D eigenvalue weighted by molar-refractivity contribution is 7.79. The predicted molar refractivity (Wildman–Crippen MR) is 240 cm³/mol. The molecule has 1 aliphatic rings. The van der Waals surface area contributed by atoms with Crippen molar-refractivity contribution in [2.24, 2.45) is 0 Å². The summed E-state index contributed by atoms with van der Waals surface area (Å²) in [5.74, 6) is 0. The normalized spacial score (nSPS) is 13.1. The van der Waals surface area contributed by atoms with E-state index in [0.717, 1.165) is 24.1 Å². The zero-order valence-corrected chi connectivity index (χ0v) is 34.5. The minimum Gasteiger partial charge on any atom is -1.00 e. The summed E-state index contributed by atoms with van der Waals surface area (Å²) in [4.78, 5) is 0. The van der Waals surface area contributed by atoms with Gasteiger partial charge in [0.2, 0.25) is 0 Å². The predicted octanol–water partition coefficient (Wildman–Crippen LogP) is 9.42. The maximum atomic E-state index is 2.51. The smallest absolute Gasteiger partial charge is 0.106 e. The summed E-state index contributed by atoms with van der Waals surface area (Å²) in [5, 5.41) is 9.41. The van der Waals surface area contributed by atoms with Crippen molar-refractivity contribution in [3.05, 3.63) is 223 Å². The Labute approximate surface area is 348 Å². The molecule has 0 aromatic heterocycles. The van der Waals surface area contributed by atoms with E-state index in [1.165, 1.54) is 87.5 Å². The van der Waals surface area contributed by atoms with Gasteiger partial charge in [-0.2, -0.15) is 0 Å². The third-order valence-electron chi connectivity index (χ3n) is 11.6. The molecular weight excluding hydrogens is 773 g/mol. The fraction of sp³-hybridized carbons (Fsp3) is 0.0741. The summed E-state index contributed by atoms with van der Waals surface area (Å²) >= 11 is 0. The average molecular weight is 817 g/mol. The van der Waals surface area contributed by atoms with Gasteiger partial charge in [-0.05, 0) is 79.8 Å². The molecular formula is C54H43BrNP. The summed E-state index contributed by atoms with van der Waals surface area (Å²) in [6, 6.07) is 76.8. The first-order chi connectivity index (χ1) is 27.6. The number of benzene rings is 9. The van der Waals surface area contributed by atoms with E-state index < -0.39 is 7.92 Å². The monoisotopic (exact) mass is 815 g/mol. The van der Waals surface area contributed by atoms with Crippen molar-refractivity contribution < 1.29 is 21.5 Å². The van der Waals surface area contributed by atoms with Crippen molar-refractivity contribution in [3.63, 3.8) is 0 Å². The third-order valence-corrected chi connectivity index (χ3v) is 14.2. The molecule has 276 valence electrons. The SMILES string of the molecule is C[N+]1(Cc2ccccc2P(c2ccccc2)c2ccccc2)Cc2c(-c3ccccc3)cc3ccccc3c2-c2c(c(-c3ccccc3)cc3ccccc23)C1.[Br-]. The first kappa shape index (κ1) is 37.0. The van der Waals surface area contributed by atoms with Gasteiger partial charge in [0.15, 0.2) is 0 Å². The highest BCUT2D eigenvalue weighted by Gasteiger charge is 2.36. The second kappa shape index (κ2) is 15.7. The lowest BCUT2D eigenvalue weighted by Crippen LogP contribution is -3.00. The molecule has 0 bridgehead atoms. The standard InChI is InChI=1S/C54H43NP.BrH/c1-55(36-43-26-16-19-33-52(43)56(44-27-10-4-11-28-44)45-29-12-5-13-30-45)37-50-48(39-20-6-2-7-21-39)34-41-24-14-17-31-46(41)53(50)54-47-32-18-15-25-42(47)35-49(51(54)38-55)40-22-8-3-9-23-40;/h2-35H,36-38H2,1H3;1H/q+1;/p-1. The van der Waals surface area contributed by atoms with Crippen LogP contribution in [0.5, 0.6) is 0 Å². The third kappa shape index (κ3) is 6.93. The molecule has 0 amide bonds. The van der Waals surface area contributed by atoms with Crippen LogP contribution in [0.4, 0.5) is 0 Å². The van der Waals surface area contributed by atoms with Crippen molar-refractivity contribution in [1.29, 1.82) is 0 Å². The van der Waals surface area contributed by atoms with Crippen LogP contribution in [0.2, 0.25) is 0 Å². The van der Waals surface area contributed by atoms with E-state index in [4.69, 9.17) is 0 Å². The fourth-order valence-electron chi connectivity index (χ4n) is 9.22. The number of halogens is 1. The number of hydrogen-bond donors (Lipinski definition) is 0. The maximum Gasteiger partial charge on any atom is 0.106 e. The lowest BCUT2D eigenvalue weighted by Gasteiger charge is -2.36. The van der Waals surface area contributed by atoms with Gasteiger partial charge in [-0.1, -0.05) is 194 Å². The van der Waals surface area contributed by atoms with E-state index in [1.54, 1.807) is 0 Å². The lowest BCUT2D eigenvalue weighted by molar-refractivity contribution is -0.947. The van der Waals surface area contributed by atoms with Crippen LogP contribution in [0.1, 0.15) is 16.7 Å². The van der Waals surface area contributed by atoms with E-state index in [0.29, 0.717) is 0 Å². The van der Waals surface area contributed by atoms with Crippen molar-refractivity contribution >= 4 is 45.4 Å². The molecule has 9 aromatic rings. The zero-order valence-electron chi connectivity index (χ0n) is 32.0. The Balaban J connectivity index is 0.00000422. The largest absolute Gasteiger partial charge is 1.00 e. The Bertz CT molecular complexity index is 2670. The van der Waals surface area contributed by atoms with Gasteiger partial charge in [-0.3, -0.25) is 0 Å². The van der Waals surface area contributed by atoms with Crippen molar-refractivity contribution in [3.8, 4) is 33.4 Å². The summed E-state index contributed by atoms with van der Waals surface area (Å²) in [7, 11) is 1.74. The van der Waals surface area contributed by atoms with Gasteiger partial charge in [-0.25, -0.2) is 0 Å². The summed E-state index contributed by atoms with van der Waals surface area (Å²) < 4.78 is 0.833. The molecule has 57 heavy (non-hydrogen) atoms. The number of hydrogen-bond acceptors (Lipinski definition) is 0. The maximum absolute atomic E-state index is 2.51. The van der Waals surface area contributed by atoms with Crippen molar-refractivity contribution in [2.75, 3.05) is 7.05 Å². The van der Waals surface area contributed by atoms with E-state index in [2.05, 4.69) is 213 Å². The Hall–Kier alpha value is -5.63. The Morgan fingerprint density at radius 3 is 1.30 bits per heavy atom. The minimum absolute atomic E-state index is 0. The van der Waals surface area contributed by atoms with Gasteiger partial charge in [0.05, 0.1) is 7.05 Å². The average Bonchev–Trinajstić information content (AvgIpc) is 3.39. The minimum atomic E-state index is -0.770. The molecule has 1 aliphatic heterocycles. The quantitative estimate of drug-likeness (QED) is 0.111. The molecule has 3 heteroatoms. The second-order valence-corrected chi connectivity index (χ2v) is 17.6. The van der Waals surface area contributed by atoms with Crippen LogP contribution in [-0.2, 0) is 19.6 Å². The van der Waals surface area contributed by atoms with Crippen molar-refractivity contribution in [1.82, 2.24) is 0 Å². The van der Waals surface area contributed by atoms with E-state index in [1.807, 2.05) is 0 Å². The van der Waals surface area contributed by atoms with Gasteiger partial charge in [0.1, 0.15) is 19.6 Å². The topological polar surface area (TPSA) is 0 Å². The fourth-order valence-corrected chi connectivity index (χ4v) is 11.7. The first-order valence-electron chi connectivity index (χ1n) is 19.7. The lowest BCUT2D eigenvalue weighted by atomic mass is 9.82. The van der Waals surface area contributed by atoms with E-state index >= 15 is 0 Å². The highest BCUT2D eigenvalue weighted by Crippen LogP contribution is 2.50. The molecule has 1 nitrogen and oxygen atoms in total. The Kier molecular flexibility index (Phi) is 10.2. The summed E-state index contributed by atoms with van der Waals surface area (Å²) in [6.45, 7) is 2.69. The van der Waals surface area contributed by atoms with Crippen LogP contribution in [0.3, 0.4) is 0 Å². The van der Waals surface area contributed by atoms with Crippen LogP contribution in [0, 0.1) is 0 Å². The molecule has 10 rings (SSSR count). The van der Waals surface area contributed by atoms with Crippen LogP contribution in [0.25, 0.3) is 54.9 Å². The van der Waals surface area contributed by atoms with Crippen LogP contribution in [-0.4, -0.2) is 11.5 Å². The summed E-state index contributed by atoms with van der Waals surface area (Å²) in [5.41, 5.74) is 12.2. The molecule has 1 heterocycles. The van der Waals surface area contributed by atoms with Gasteiger partial charge < -0.3 is 21.5 Å². The van der Waals surface area contributed by atoms with E-state index in [-0.39, 0.29) is 17.0 Å². The van der Waals surface area contributed by atoms with Gasteiger partial charge in [0.25, 0.3) is 0 Å². The number of fused-ring (bicyclic) bond motifs is 7. The molecule has 0 unspecified atom stereocenters. The molecule has 0 saturated heterocycles. The highest BCUT2D eigenvalue weighted by atomic mass is 79.9. The summed E-state index contributed by atoms with van der Waals surface area (Å²) in [6.07, 6.45) is 0. The zero-order chi connectivity index (χ0) is 37.5. The van der Waals surface area contributed by atoms with Crippen molar-refractivity contribution in [2.45, 2.75) is 19.6 Å². The molecule has 9 aromatic carbocycles. The molecule has 0 atom stereocenters. The number of nitrogens with zero attached hydrogens (tertiary/aromatic N) is 1. The molecule has 0 N–H and O–H groups in total. The molecule has 0 saturated carbocycles. The number of rotatable bonds is 7. The molecule has 0 radical (unpaired) electrons. The molecule has 0 aliphatic carbocycles. The van der Waals surface area contributed by atoms with Gasteiger partial charge in [-0.15, -0.1) is 0 Å². The number of quaternary nitrogens is 1. The van der Waals surface area contributed by atoms with E-state index in [9.17, 15) is 0 Å². The Morgan fingerprint density at radius 1 is 0.439 bits per heavy atom. The van der Waals surface area contributed by atoms with Gasteiger partial charge in [0, 0.05) is 27.8 Å². The molecule has 0 spiro atoms. The van der Waals surface area contributed by atoms with Crippen LogP contribution in [0.15, 0.2) is 206 Å². The van der Waals surface area contributed by atoms with Crippen LogP contribution >= 0.6 is 7.92 Å². The van der Waals surface area contributed by atoms with Crippen LogP contribution < -0.4 is 32.9 Å². The first-order valence-corrected chi connectivity index (χ1v) is 21.0.